The van der Waals surface area contributed by atoms with Crippen molar-refractivity contribution in [1.29, 1.82) is 0 Å². The van der Waals surface area contributed by atoms with Gasteiger partial charge in [-0.25, -0.2) is 36.5 Å². The highest BCUT2D eigenvalue weighted by Crippen LogP contribution is 2.67. The standard InChI is InChI=1S/C36H23Cl2F5N2O8/c1-2-4-13-5-3-6-18(29(13)47)22-15-9-10-17-21(31(49)44(30(17)48)14-7-8-16(32(50)51)20(46)11-14)19(15)12-35(37)33(52)45(34(53)36(22,35)38)28-26(42)24(40)23(39)25(41)27(28)43/h2-3,5-9,11,17,19,21-22,46-47H,1,4,10,12H2,(H,50,51). The largest absolute Gasteiger partial charge is 0.507 e. The summed E-state index contributed by atoms with van der Waals surface area (Å²) in [4.78, 5) is 63.1. The van der Waals surface area contributed by atoms with Gasteiger partial charge in [0.15, 0.2) is 33.0 Å². The van der Waals surface area contributed by atoms with Crippen molar-refractivity contribution >= 4 is 64.2 Å². The number of fused-ring (bicyclic) bond motifs is 4. The molecule has 6 unspecified atom stereocenters. The summed E-state index contributed by atoms with van der Waals surface area (Å²) in [6.07, 6.45) is 1.99. The molecule has 0 spiro atoms. The van der Waals surface area contributed by atoms with Crippen LogP contribution in [0.4, 0.5) is 33.3 Å². The van der Waals surface area contributed by atoms with Gasteiger partial charge in [0.05, 0.1) is 17.5 Å². The Hall–Kier alpha value is -5.28. The number of aromatic carboxylic acids is 1. The van der Waals surface area contributed by atoms with E-state index in [4.69, 9.17) is 23.2 Å². The smallest absolute Gasteiger partial charge is 0.339 e. The summed E-state index contributed by atoms with van der Waals surface area (Å²) in [5.74, 6) is -25.8. The molecule has 2 heterocycles. The Morgan fingerprint density at radius 3 is 2.13 bits per heavy atom. The Morgan fingerprint density at radius 2 is 1.53 bits per heavy atom. The van der Waals surface area contributed by atoms with Crippen molar-refractivity contribution in [2.45, 2.75) is 34.9 Å². The normalized spacial score (nSPS) is 27.8. The molecule has 7 rings (SSSR count). The molecular formula is C36H23Cl2F5N2O8. The number of carboxylic acid groups (broad SMARTS) is 1. The topological polar surface area (TPSA) is 153 Å². The first kappa shape index (κ1) is 36.1. The zero-order chi connectivity index (χ0) is 38.6. The van der Waals surface area contributed by atoms with Crippen molar-refractivity contribution in [1.82, 2.24) is 0 Å². The number of imide groups is 2. The van der Waals surface area contributed by atoms with Crippen LogP contribution in [0, 0.1) is 46.8 Å². The van der Waals surface area contributed by atoms with Crippen LogP contribution in [0.25, 0.3) is 0 Å². The average molecular weight is 777 g/mol. The first-order valence-electron chi connectivity index (χ1n) is 15.8. The summed E-state index contributed by atoms with van der Waals surface area (Å²) in [5.41, 5.74) is -2.46. The second-order valence-electron chi connectivity index (χ2n) is 13.1. The maximum Gasteiger partial charge on any atom is 0.339 e. The fourth-order valence-corrected chi connectivity index (χ4v) is 9.10. The molecular weight excluding hydrogens is 754 g/mol. The van der Waals surface area contributed by atoms with E-state index in [0.29, 0.717) is 4.90 Å². The number of carbonyl (C=O) groups excluding carboxylic acids is 4. The average Bonchev–Trinajstić information content (AvgIpc) is 3.45. The van der Waals surface area contributed by atoms with E-state index in [1.807, 2.05) is 0 Å². The van der Waals surface area contributed by atoms with Gasteiger partial charge >= 0.3 is 5.97 Å². The van der Waals surface area contributed by atoms with Gasteiger partial charge in [0.2, 0.25) is 17.6 Å². The van der Waals surface area contributed by atoms with E-state index in [1.54, 1.807) is 0 Å². The minimum atomic E-state index is -2.84. The Labute approximate surface area is 305 Å². The molecule has 2 aliphatic heterocycles. The molecule has 0 bridgehead atoms. The van der Waals surface area contributed by atoms with Gasteiger partial charge in [-0.2, -0.15) is 0 Å². The number of amides is 4. The van der Waals surface area contributed by atoms with E-state index < -0.39 is 121 Å². The lowest BCUT2D eigenvalue weighted by atomic mass is 9.56. The van der Waals surface area contributed by atoms with E-state index in [1.165, 1.54) is 30.4 Å². The minimum absolute atomic E-state index is 0.0693. The number of halogens is 7. The maximum absolute atomic E-state index is 15.3. The van der Waals surface area contributed by atoms with Gasteiger partial charge in [0, 0.05) is 17.5 Å². The maximum atomic E-state index is 15.3. The number of alkyl halides is 2. The number of hydrogen-bond donors (Lipinski definition) is 3. The molecule has 2 saturated heterocycles. The molecule has 3 N–H and O–H groups in total. The Bertz CT molecular complexity index is 2260. The number of carbonyl (C=O) groups is 5. The van der Waals surface area contributed by atoms with E-state index >= 15 is 8.78 Å². The molecule has 6 atom stereocenters. The summed E-state index contributed by atoms with van der Waals surface area (Å²) in [6.45, 7) is 3.63. The lowest BCUT2D eigenvalue weighted by Gasteiger charge is -2.50. The number of aromatic hydroxyl groups is 2. The lowest BCUT2D eigenvalue weighted by molar-refractivity contribution is -0.125. The summed E-state index contributed by atoms with van der Waals surface area (Å²) in [6, 6.07) is 7.23. The number of hydrogen-bond acceptors (Lipinski definition) is 7. The number of carboxylic acids is 1. The number of phenols is 2. The highest BCUT2D eigenvalue weighted by atomic mass is 35.5. The van der Waals surface area contributed by atoms with Crippen molar-refractivity contribution in [2.24, 2.45) is 17.8 Å². The summed E-state index contributed by atoms with van der Waals surface area (Å²) in [7, 11) is 0. The van der Waals surface area contributed by atoms with Gasteiger partial charge in [-0.05, 0) is 42.9 Å². The van der Waals surface area contributed by atoms with E-state index in [2.05, 4.69) is 6.58 Å². The van der Waals surface area contributed by atoms with Crippen LogP contribution in [0.3, 0.4) is 0 Å². The zero-order valence-electron chi connectivity index (χ0n) is 26.7. The van der Waals surface area contributed by atoms with Gasteiger partial charge in [0.25, 0.3) is 11.8 Å². The van der Waals surface area contributed by atoms with Crippen LogP contribution in [0.5, 0.6) is 11.5 Å². The number of para-hydroxylation sites is 1. The molecule has 1 saturated carbocycles. The first-order chi connectivity index (χ1) is 24.9. The van der Waals surface area contributed by atoms with Gasteiger partial charge < -0.3 is 15.3 Å². The van der Waals surface area contributed by atoms with Crippen LogP contribution in [-0.4, -0.2) is 54.7 Å². The third-order valence-corrected chi connectivity index (χ3v) is 11.9. The van der Waals surface area contributed by atoms with Gasteiger partial charge in [-0.3, -0.25) is 19.2 Å². The Kier molecular flexibility index (Phi) is 8.26. The summed E-state index contributed by atoms with van der Waals surface area (Å²) >= 11 is 14.2. The van der Waals surface area contributed by atoms with Crippen LogP contribution in [0.2, 0.25) is 0 Å². The first-order valence-corrected chi connectivity index (χ1v) is 16.5. The zero-order valence-corrected chi connectivity index (χ0v) is 28.2. The van der Waals surface area contributed by atoms with Gasteiger partial charge in [-0.15, -0.1) is 29.8 Å². The molecule has 3 aromatic rings. The van der Waals surface area contributed by atoms with Crippen LogP contribution in [-0.2, 0) is 25.6 Å². The minimum Gasteiger partial charge on any atom is -0.507 e. The third kappa shape index (κ3) is 4.65. The van der Waals surface area contributed by atoms with E-state index in [9.17, 15) is 52.5 Å². The fraction of sp³-hybridized carbons (Fsp3) is 0.250. The van der Waals surface area contributed by atoms with Crippen molar-refractivity contribution < 1.29 is 61.2 Å². The summed E-state index contributed by atoms with van der Waals surface area (Å²) in [5, 5.41) is 31.2. The monoisotopic (exact) mass is 776 g/mol. The molecule has 0 aromatic heterocycles. The number of anilines is 2. The van der Waals surface area contributed by atoms with Crippen LogP contribution < -0.4 is 9.80 Å². The SMILES string of the molecule is C=CCc1cccc(C2C3=CCC4C(=O)N(c5ccc(C(=O)O)c(O)c5)C(=O)C4C3CC3(Cl)C(=O)N(c4c(F)c(F)c(F)c(F)c4F)C(=O)C23Cl)c1O. The molecule has 3 aromatic carbocycles. The van der Waals surface area contributed by atoms with Crippen molar-refractivity contribution in [3.8, 4) is 11.5 Å². The van der Waals surface area contributed by atoms with E-state index in [0.717, 1.165) is 18.2 Å². The number of benzene rings is 3. The van der Waals surface area contributed by atoms with Crippen molar-refractivity contribution in [2.75, 3.05) is 9.80 Å². The molecule has 0 radical (unpaired) electrons. The van der Waals surface area contributed by atoms with E-state index in [-0.39, 0.29) is 40.1 Å². The molecule has 3 fully saturated rings. The number of allylic oxidation sites excluding steroid dienone is 3. The number of nitrogens with zero attached hydrogens (tertiary/aromatic N) is 2. The predicted molar refractivity (Wildman–Crippen MR) is 176 cm³/mol. The Morgan fingerprint density at radius 1 is 0.887 bits per heavy atom. The number of phenolic OH excluding ortho intramolecular Hbond substituents is 1. The highest BCUT2D eigenvalue weighted by Gasteiger charge is 2.77. The predicted octanol–water partition coefficient (Wildman–Crippen LogP) is 5.99. The van der Waals surface area contributed by atoms with Crippen molar-refractivity contribution in [3.63, 3.8) is 0 Å². The highest BCUT2D eigenvalue weighted by molar-refractivity contribution is 6.58. The third-order valence-electron chi connectivity index (χ3n) is 10.5. The Balaban J connectivity index is 1.43. The molecule has 4 amide bonds. The quantitative estimate of drug-likeness (QED) is 0.0690. The van der Waals surface area contributed by atoms with Crippen LogP contribution in [0.15, 0.2) is 60.7 Å². The molecule has 10 nitrogen and oxygen atoms in total. The second-order valence-corrected chi connectivity index (χ2v) is 14.3. The van der Waals surface area contributed by atoms with Crippen LogP contribution in [0.1, 0.15) is 40.2 Å². The second kappa shape index (κ2) is 12.1. The summed E-state index contributed by atoms with van der Waals surface area (Å²) < 4.78 is 73.5. The fourth-order valence-electron chi connectivity index (χ4n) is 8.17. The number of rotatable bonds is 6. The molecule has 2 aliphatic carbocycles. The molecule has 53 heavy (non-hydrogen) atoms. The molecule has 4 aliphatic rings. The van der Waals surface area contributed by atoms with Crippen LogP contribution >= 0.6 is 23.2 Å². The molecule has 274 valence electrons. The molecule has 17 heteroatoms. The lowest BCUT2D eigenvalue weighted by Crippen LogP contribution is -2.60. The van der Waals surface area contributed by atoms with Gasteiger partial charge in [0.1, 0.15) is 22.7 Å². The van der Waals surface area contributed by atoms with Gasteiger partial charge in [-0.1, -0.05) is 35.9 Å². The van der Waals surface area contributed by atoms with Crippen molar-refractivity contribution in [3.05, 3.63) is 106 Å².